The van der Waals surface area contributed by atoms with E-state index in [-0.39, 0.29) is 5.56 Å². The molecule has 1 heterocycles. The monoisotopic (exact) mass is 238 g/mol. The van der Waals surface area contributed by atoms with Crippen LogP contribution < -0.4 is 5.73 Å². The smallest absolute Gasteiger partial charge is 0.370 e. The molecule has 1 rings (SSSR count). The van der Waals surface area contributed by atoms with Crippen LogP contribution in [0.1, 0.15) is 11.6 Å². The fourth-order valence-electron chi connectivity index (χ4n) is 1.08. The van der Waals surface area contributed by atoms with E-state index in [1.54, 1.807) is 0 Å². The second-order valence-corrected chi connectivity index (χ2v) is 3.13. The number of pyridine rings is 1. The van der Waals surface area contributed by atoms with Gasteiger partial charge in [-0.25, -0.2) is 4.39 Å². The number of ether oxygens (including phenoxy) is 1. The first kappa shape index (κ1) is 12.9. The normalized spacial score (nSPS) is 13.8. The molecule has 0 bridgehead atoms. The highest BCUT2D eigenvalue weighted by Gasteiger charge is 2.27. The van der Waals surface area contributed by atoms with Gasteiger partial charge >= 0.3 is 6.18 Å². The third-order valence-electron chi connectivity index (χ3n) is 1.77. The van der Waals surface area contributed by atoms with E-state index >= 15 is 0 Å². The standard InChI is InChI=1S/C9H10F4N2O/c10-7-3-15-2-1-6(7)8(14)4-16-5-9(11,12)13/h1-3,8H,4-5,14H2. The SMILES string of the molecule is NC(COCC(F)(F)F)c1ccncc1F. The van der Waals surface area contributed by atoms with Gasteiger partial charge < -0.3 is 10.5 Å². The Morgan fingerprint density at radius 1 is 1.44 bits per heavy atom. The first-order valence-corrected chi connectivity index (χ1v) is 4.39. The molecule has 1 aromatic heterocycles. The van der Waals surface area contributed by atoms with Gasteiger partial charge in [0.15, 0.2) is 0 Å². The number of nitrogens with two attached hydrogens (primary N) is 1. The molecular formula is C9H10F4N2O. The summed E-state index contributed by atoms with van der Waals surface area (Å²) in [4.78, 5) is 3.50. The van der Waals surface area contributed by atoms with Gasteiger partial charge in [-0.15, -0.1) is 0 Å². The van der Waals surface area contributed by atoms with Crippen molar-refractivity contribution in [2.24, 2.45) is 5.73 Å². The Kier molecular flexibility index (Phi) is 4.19. The molecule has 0 aliphatic carbocycles. The average molecular weight is 238 g/mol. The molecular weight excluding hydrogens is 228 g/mol. The van der Waals surface area contributed by atoms with Crippen molar-refractivity contribution in [3.8, 4) is 0 Å². The van der Waals surface area contributed by atoms with Crippen LogP contribution >= 0.6 is 0 Å². The second kappa shape index (κ2) is 5.22. The number of hydrogen-bond donors (Lipinski definition) is 1. The molecule has 0 fully saturated rings. The van der Waals surface area contributed by atoms with Gasteiger partial charge in [0.05, 0.1) is 18.8 Å². The van der Waals surface area contributed by atoms with E-state index in [2.05, 4.69) is 9.72 Å². The summed E-state index contributed by atoms with van der Waals surface area (Å²) in [5.74, 6) is -0.661. The number of alkyl halides is 3. The molecule has 2 N–H and O–H groups in total. The maximum atomic E-state index is 13.1. The summed E-state index contributed by atoms with van der Waals surface area (Å²) in [6, 6.07) is 0.363. The van der Waals surface area contributed by atoms with Crippen LogP contribution in [0, 0.1) is 5.82 Å². The zero-order valence-corrected chi connectivity index (χ0v) is 8.17. The van der Waals surface area contributed by atoms with Gasteiger partial charge in [0.2, 0.25) is 0 Å². The Balaban J connectivity index is 2.47. The molecule has 1 atom stereocenters. The van der Waals surface area contributed by atoms with Crippen molar-refractivity contribution in [2.45, 2.75) is 12.2 Å². The molecule has 1 unspecified atom stereocenters. The summed E-state index contributed by atoms with van der Waals surface area (Å²) in [5.41, 5.74) is 5.55. The zero-order chi connectivity index (χ0) is 12.2. The summed E-state index contributed by atoms with van der Waals surface area (Å²) in [5, 5.41) is 0. The molecule has 3 nitrogen and oxygen atoms in total. The summed E-state index contributed by atoms with van der Waals surface area (Å²) >= 11 is 0. The highest BCUT2D eigenvalue weighted by Crippen LogP contribution is 2.17. The maximum absolute atomic E-state index is 13.1. The van der Waals surface area contributed by atoms with E-state index in [0.29, 0.717) is 0 Å². The predicted molar refractivity (Wildman–Crippen MR) is 48.0 cm³/mol. The molecule has 0 spiro atoms. The third kappa shape index (κ3) is 4.11. The van der Waals surface area contributed by atoms with E-state index in [1.807, 2.05) is 0 Å². The van der Waals surface area contributed by atoms with Crippen LogP contribution in [0.2, 0.25) is 0 Å². The minimum absolute atomic E-state index is 0.0807. The lowest BCUT2D eigenvalue weighted by Gasteiger charge is -2.14. The van der Waals surface area contributed by atoms with E-state index < -0.39 is 31.2 Å². The minimum atomic E-state index is -4.41. The van der Waals surface area contributed by atoms with E-state index in [4.69, 9.17) is 5.73 Å². The van der Waals surface area contributed by atoms with E-state index in [1.165, 1.54) is 12.3 Å². The van der Waals surface area contributed by atoms with Crippen molar-refractivity contribution in [1.29, 1.82) is 0 Å². The Hall–Kier alpha value is -1.21. The van der Waals surface area contributed by atoms with Crippen molar-refractivity contribution >= 4 is 0 Å². The van der Waals surface area contributed by atoms with E-state index in [9.17, 15) is 17.6 Å². The predicted octanol–water partition coefficient (Wildman–Crippen LogP) is 1.80. The quantitative estimate of drug-likeness (QED) is 0.813. The first-order chi connectivity index (χ1) is 7.40. The van der Waals surface area contributed by atoms with Crippen molar-refractivity contribution < 1.29 is 22.3 Å². The van der Waals surface area contributed by atoms with Gasteiger partial charge in [0.25, 0.3) is 0 Å². The van der Waals surface area contributed by atoms with Gasteiger partial charge in [-0.2, -0.15) is 13.2 Å². The number of rotatable bonds is 4. The van der Waals surface area contributed by atoms with Gasteiger partial charge in [-0.05, 0) is 6.07 Å². The van der Waals surface area contributed by atoms with Gasteiger partial charge in [-0.1, -0.05) is 0 Å². The first-order valence-electron chi connectivity index (χ1n) is 4.39. The highest BCUT2D eigenvalue weighted by atomic mass is 19.4. The van der Waals surface area contributed by atoms with Crippen LogP contribution in [0.4, 0.5) is 17.6 Å². The molecule has 0 amide bonds. The minimum Gasteiger partial charge on any atom is -0.370 e. The second-order valence-electron chi connectivity index (χ2n) is 3.13. The Labute approximate surface area is 89.2 Å². The van der Waals surface area contributed by atoms with Crippen LogP contribution in [0.5, 0.6) is 0 Å². The molecule has 7 heteroatoms. The molecule has 0 aliphatic rings. The topological polar surface area (TPSA) is 48.1 Å². The molecule has 90 valence electrons. The van der Waals surface area contributed by atoms with Crippen LogP contribution in [-0.2, 0) is 4.74 Å². The molecule has 0 aromatic carbocycles. The summed E-state index contributed by atoms with van der Waals surface area (Å²) < 4.78 is 52.6. The van der Waals surface area contributed by atoms with Crippen LogP contribution in [0.25, 0.3) is 0 Å². The Morgan fingerprint density at radius 2 is 2.12 bits per heavy atom. The third-order valence-corrected chi connectivity index (χ3v) is 1.77. The van der Waals surface area contributed by atoms with Crippen molar-refractivity contribution in [3.05, 3.63) is 29.8 Å². The Morgan fingerprint density at radius 3 is 2.69 bits per heavy atom. The average Bonchev–Trinajstić information content (AvgIpc) is 2.16. The van der Waals surface area contributed by atoms with Crippen LogP contribution in [0.3, 0.4) is 0 Å². The van der Waals surface area contributed by atoms with Gasteiger partial charge in [0.1, 0.15) is 12.4 Å². The highest BCUT2D eigenvalue weighted by molar-refractivity contribution is 5.16. The molecule has 16 heavy (non-hydrogen) atoms. The lowest BCUT2D eigenvalue weighted by Crippen LogP contribution is -2.23. The van der Waals surface area contributed by atoms with E-state index in [0.717, 1.165) is 6.20 Å². The van der Waals surface area contributed by atoms with Crippen LogP contribution in [-0.4, -0.2) is 24.4 Å². The molecule has 0 saturated carbocycles. The lowest BCUT2D eigenvalue weighted by molar-refractivity contribution is -0.174. The molecule has 1 aromatic rings. The number of halogens is 4. The lowest BCUT2D eigenvalue weighted by atomic mass is 10.1. The van der Waals surface area contributed by atoms with Crippen molar-refractivity contribution in [1.82, 2.24) is 4.98 Å². The van der Waals surface area contributed by atoms with Crippen molar-refractivity contribution in [3.63, 3.8) is 0 Å². The fourth-order valence-corrected chi connectivity index (χ4v) is 1.08. The maximum Gasteiger partial charge on any atom is 0.411 e. The van der Waals surface area contributed by atoms with Gasteiger partial charge in [-0.3, -0.25) is 4.98 Å². The molecule has 0 aliphatic heterocycles. The molecule has 0 saturated heterocycles. The van der Waals surface area contributed by atoms with Crippen LogP contribution in [0.15, 0.2) is 18.5 Å². The number of aromatic nitrogens is 1. The van der Waals surface area contributed by atoms with Gasteiger partial charge in [0, 0.05) is 11.8 Å². The molecule has 0 radical (unpaired) electrons. The van der Waals surface area contributed by atoms with Crippen molar-refractivity contribution in [2.75, 3.05) is 13.2 Å². The summed E-state index contributed by atoms with van der Waals surface area (Å²) in [7, 11) is 0. The summed E-state index contributed by atoms with van der Waals surface area (Å²) in [6.07, 6.45) is -2.16. The zero-order valence-electron chi connectivity index (χ0n) is 8.17. The Bertz CT molecular complexity index is 343. The number of hydrogen-bond acceptors (Lipinski definition) is 3. The fraction of sp³-hybridized carbons (Fsp3) is 0.444. The number of nitrogens with zero attached hydrogens (tertiary/aromatic N) is 1. The largest absolute Gasteiger partial charge is 0.411 e. The summed E-state index contributed by atoms with van der Waals surface area (Å²) in [6.45, 7) is -1.80.